The van der Waals surface area contributed by atoms with E-state index in [4.69, 9.17) is 28.4 Å². The second-order valence-electron chi connectivity index (χ2n) is 28.8. The summed E-state index contributed by atoms with van der Waals surface area (Å²) in [6.45, 7) is 1.60. The summed E-state index contributed by atoms with van der Waals surface area (Å²) in [4.78, 5) is 13.5. The van der Waals surface area contributed by atoms with Crippen LogP contribution in [0.25, 0.3) is 0 Å². The molecule has 0 spiro atoms. The number of nitrogens with one attached hydrogen (secondary N) is 1. The second-order valence-corrected chi connectivity index (χ2v) is 28.8. The van der Waals surface area contributed by atoms with Gasteiger partial charge in [-0.25, -0.2) is 0 Å². The van der Waals surface area contributed by atoms with Crippen LogP contribution in [0, 0.1) is 0 Å². The second kappa shape index (κ2) is 67.0. The van der Waals surface area contributed by atoms with E-state index in [0.29, 0.717) is 12.8 Å². The van der Waals surface area contributed by atoms with Crippen LogP contribution in [-0.4, -0.2) is 193 Å². The molecule has 108 heavy (non-hydrogen) atoms. The lowest BCUT2D eigenvalue weighted by molar-refractivity contribution is -0.379. The Morgan fingerprint density at radius 3 is 1.04 bits per heavy atom. The first-order chi connectivity index (χ1) is 52.8. The van der Waals surface area contributed by atoms with Crippen molar-refractivity contribution >= 4 is 5.91 Å². The van der Waals surface area contributed by atoms with Gasteiger partial charge in [0.25, 0.3) is 0 Å². The van der Waals surface area contributed by atoms with Gasteiger partial charge in [0.05, 0.1) is 38.6 Å². The molecule has 3 aliphatic rings. The van der Waals surface area contributed by atoms with Crippen molar-refractivity contribution in [3.8, 4) is 0 Å². The van der Waals surface area contributed by atoms with Gasteiger partial charge < -0.3 is 89.9 Å². The maximum atomic E-state index is 13.5. The summed E-state index contributed by atoms with van der Waals surface area (Å²) in [6.07, 6.45) is 72.2. The highest BCUT2D eigenvalue weighted by Gasteiger charge is 2.54. The lowest BCUT2D eigenvalue weighted by Gasteiger charge is -2.48. The lowest BCUT2D eigenvalue weighted by atomic mass is 9.96. The number of aliphatic hydroxyl groups excluding tert-OH is 11. The van der Waals surface area contributed by atoms with Gasteiger partial charge in [-0.15, -0.1) is 0 Å². The highest BCUT2D eigenvalue weighted by atomic mass is 16.8. The Morgan fingerprint density at radius 1 is 0.343 bits per heavy atom. The highest BCUT2D eigenvalue weighted by molar-refractivity contribution is 5.76. The summed E-state index contributed by atoms with van der Waals surface area (Å²) < 4.78 is 34.4. The molecule has 0 aromatic carbocycles. The SMILES string of the molecule is CC/C=C\C/C=C\C/C=C\C/C=C\C/C=C\C/C=C\C/C=C\C/C=C\C/C=C\C/C=C\C/C=C\CCCCCCCCCC(=O)NC(COC1OC(CO)C(OC2OC(CO)C(OC3OC(CO)C(O)C(O)C3O)C(O)C2O)C(O)C1O)C(O)/C=C/CC/C=C/CCCCCCCCCCCCCCCCCC. The molecule has 3 aliphatic heterocycles. The third kappa shape index (κ3) is 45.8. The Bertz CT molecular complexity index is 2570. The van der Waals surface area contributed by atoms with Gasteiger partial charge in [0.15, 0.2) is 18.9 Å². The van der Waals surface area contributed by atoms with Gasteiger partial charge in [0.1, 0.15) is 73.2 Å². The molecule has 17 atom stereocenters. The van der Waals surface area contributed by atoms with Gasteiger partial charge in [-0.3, -0.25) is 4.79 Å². The molecule has 12 N–H and O–H groups in total. The van der Waals surface area contributed by atoms with Crippen molar-refractivity contribution in [2.24, 2.45) is 0 Å². The highest BCUT2D eigenvalue weighted by Crippen LogP contribution is 2.33. The molecule has 0 aliphatic carbocycles. The fourth-order valence-electron chi connectivity index (χ4n) is 12.9. The summed E-state index contributed by atoms with van der Waals surface area (Å²) in [7, 11) is 0. The first kappa shape index (κ1) is 97.6. The van der Waals surface area contributed by atoms with Gasteiger partial charge in [0, 0.05) is 6.42 Å². The van der Waals surface area contributed by atoms with Crippen LogP contribution in [0.3, 0.4) is 0 Å². The number of allylic oxidation sites excluding steroid dienone is 25. The first-order valence-electron chi connectivity index (χ1n) is 41.7. The van der Waals surface area contributed by atoms with Crippen molar-refractivity contribution in [3.05, 3.63) is 158 Å². The van der Waals surface area contributed by atoms with Crippen molar-refractivity contribution < 1.29 is 89.4 Å². The van der Waals surface area contributed by atoms with Gasteiger partial charge in [-0.2, -0.15) is 0 Å². The van der Waals surface area contributed by atoms with E-state index >= 15 is 0 Å². The minimum absolute atomic E-state index is 0.212. The predicted molar refractivity (Wildman–Crippen MR) is 433 cm³/mol. The Hall–Kier alpha value is -4.59. The van der Waals surface area contributed by atoms with Crippen molar-refractivity contribution in [2.75, 3.05) is 26.4 Å². The fourth-order valence-corrected chi connectivity index (χ4v) is 12.9. The maximum absolute atomic E-state index is 13.5. The van der Waals surface area contributed by atoms with E-state index in [0.717, 1.165) is 135 Å². The average Bonchev–Trinajstić information content (AvgIpc) is 0.787. The molecule has 3 fully saturated rings. The van der Waals surface area contributed by atoms with E-state index in [1.54, 1.807) is 6.08 Å². The van der Waals surface area contributed by atoms with E-state index in [-0.39, 0.29) is 18.9 Å². The third-order valence-electron chi connectivity index (χ3n) is 19.6. The van der Waals surface area contributed by atoms with Gasteiger partial charge in [0.2, 0.25) is 5.91 Å². The van der Waals surface area contributed by atoms with E-state index < -0.39 is 124 Å². The number of carbonyl (C=O) groups excluding carboxylic acids is 1. The van der Waals surface area contributed by atoms with Crippen LogP contribution in [0.5, 0.6) is 0 Å². The number of hydrogen-bond acceptors (Lipinski definition) is 18. The molecule has 0 saturated carbocycles. The number of carbonyl (C=O) groups is 1. The molecule has 3 rings (SSSR count). The summed E-state index contributed by atoms with van der Waals surface area (Å²) in [6, 6.07) is -1.01. The van der Waals surface area contributed by atoms with Crippen molar-refractivity contribution in [1.82, 2.24) is 5.32 Å². The number of unbranched alkanes of at least 4 members (excludes halogenated alkanes) is 24. The largest absolute Gasteiger partial charge is 0.394 e. The Balaban J connectivity index is 1.36. The van der Waals surface area contributed by atoms with Crippen LogP contribution in [0.2, 0.25) is 0 Å². The first-order valence-corrected chi connectivity index (χ1v) is 41.7. The van der Waals surface area contributed by atoms with Crippen LogP contribution >= 0.6 is 0 Å². The molecule has 19 heteroatoms. The normalized spacial score (nSPS) is 26.2. The number of aliphatic hydroxyl groups is 11. The van der Waals surface area contributed by atoms with Gasteiger partial charge in [-0.05, 0) is 116 Å². The van der Waals surface area contributed by atoms with E-state index in [1.165, 1.54) is 96.3 Å². The average molecular weight is 1520 g/mol. The minimum Gasteiger partial charge on any atom is -0.394 e. The summed E-state index contributed by atoms with van der Waals surface area (Å²) in [5.74, 6) is -0.301. The number of rotatable bonds is 64. The topological polar surface area (TPSA) is 307 Å². The molecule has 1 amide bonds. The van der Waals surface area contributed by atoms with E-state index in [1.807, 2.05) is 6.08 Å². The number of amides is 1. The maximum Gasteiger partial charge on any atom is 0.220 e. The molecular weight excluding hydrogens is 1370 g/mol. The molecule has 616 valence electrons. The molecule has 19 nitrogen and oxygen atoms in total. The van der Waals surface area contributed by atoms with Crippen molar-refractivity contribution in [3.63, 3.8) is 0 Å². The zero-order valence-corrected chi connectivity index (χ0v) is 66.0. The lowest BCUT2D eigenvalue weighted by Crippen LogP contribution is -2.66. The summed E-state index contributed by atoms with van der Waals surface area (Å²) in [5.41, 5.74) is 0. The van der Waals surface area contributed by atoms with Crippen LogP contribution in [0.1, 0.15) is 264 Å². The molecule has 0 bridgehead atoms. The van der Waals surface area contributed by atoms with Crippen LogP contribution in [-0.2, 0) is 33.2 Å². The van der Waals surface area contributed by atoms with E-state index in [2.05, 4.69) is 165 Å². The summed E-state index contributed by atoms with van der Waals surface area (Å²) >= 11 is 0. The van der Waals surface area contributed by atoms with Gasteiger partial charge in [-0.1, -0.05) is 300 Å². The molecule has 0 radical (unpaired) electrons. The van der Waals surface area contributed by atoms with Crippen molar-refractivity contribution in [2.45, 2.75) is 369 Å². The standard InChI is InChI=1S/C89H147NO18/c1-3-5-7-9-11-13-15-17-19-21-23-25-27-28-29-30-31-32-33-34-35-36-37-38-39-40-41-42-43-44-45-47-49-51-53-55-57-59-61-63-65-67-77(95)90-72(73(94)66-64-62-60-58-56-54-52-50-48-46-26-24-22-20-18-16-14-12-10-8-6-4-2)71-103-87-83(101)80(98)85(75(69-92)105-87)108-89-84(102)81(99)86(76(70-93)106-89)107-88-82(100)79(97)78(96)74(68-91)104-88/h5,7,11,13,17,19,23,25,28-29,31-32,34-35,37-38,40-41,43-44,47,49,56,58,64,66,72-76,78-89,91-94,96-102H,3-4,6,8-10,12,14-16,18,20-22,24,26-27,30,33,36,39,42,45-46,48,50-55,57,59-63,65,67-71H2,1-2H3,(H,90,95)/b7-5-,13-11-,19-17-,25-23-,29-28-,32-31-,35-34-,38-37-,41-40-,44-43-,49-47-,58-56+,66-64+. The van der Waals surface area contributed by atoms with E-state index in [9.17, 15) is 61.0 Å². The molecule has 3 heterocycles. The molecule has 17 unspecified atom stereocenters. The smallest absolute Gasteiger partial charge is 0.220 e. The Labute approximate surface area is 650 Å². The molecular formula is C89H147NO18. The molecule has 3 saturated heterocycles. The van der Waals surface area contributed by atoms with Crippen LogP contribution < -0.4 is 5.32 Å². The Kier molecular flexibility index (Phi) is 60.5. The van der Waals surface area contributed by atoms with Crippen molar-refractivity contribution in [1.29, 1.82) is 0 Å². The predicted octanol–water partition coefficient (Wildman–Crippen LogP) is 14.8. The van der Waals surface area contributed by atoms with Crippen LogP contribution in [0.15, 0.2) is 158 Å². The zero-order chi connectivity index (χ0) is 78.1. The quantitative estimate of drug-likeness (QED) is 0.0199. The minimum atomic E-state index is -1.99. The zero-order valence-electron chi connectivity index (χ0n) is 66.0. The third-order valence-corrected chi connectivity index (χ3v) is 19.6. The monoisotopic (exact) mass is 1520 g/mol. The number of hydrogen-bond donors (Lipinski definition) is 12. The summed E-state index contributed by atoms with van der Waals surface area (Å²) in [5, 5.41) is 121. The molecule has 0 aromatic heterocycles. The number of ether oxygens (including phenoxy) is 6. The fraction of sp³-hybridized carbons (Fsp3) is 0.697. The van der Waals surface area contributed by atoms with Gasteiger partial charge >= 0.3 is 0 Å². The Morgan fingerprint density at radius 2 is 0.648 bits per heavy atom. The molecule has 0 aromatic rings. The van der Waals surface area contributed by atoms with Crippen LogP contribution in [0.4, 0.5) is 0 Å².